The molecule has 0 fully saturated rings. The monoisotopic (exact) mass is 479 g/mol. The van der Waals surface area contributed by atoms with Gasteiger partial charge in [-0.3, -0.25) is 15.1 Å². The fourth-order valence-corrected chi connectivity index (χ4v) is 3.86. The lowest BCUT2D eigenvalue weighted by molar-refractivity contribution is -0.112. The molecule has 0 atom stereocenters. The van der Waals surface area contributed by atoms with Gasteiger partial charge in [0, 0.05) is 17.3 Å². The normalized spacial score (nSPS) is 11.0. The van der Waals surface area contributed by atoms with Gasteiger partial charge < -0.3 is 14.2 Å². The molecule has 0 aliphatic rings. The number of benzene rings is 1. The van der Waals surface area contributed by atoms with Gasteiger partial charge in [0.05, 0.1) is 19.9 Å². The molecule has 2 heterocycles. The van der Waals surface area contributed by atoms with Crippen LogP contribution in [0, 0.1) is 25.2 Å². The number of nitriles is 1. The number of rotatable bonds is 9. The van der Waals surface area contributed by atoms with E-state index in [1.54, 1.807) is 31.5 Å². The van der Waals surface area contributed by atoms with Crippen molar-refractivity contribution in [3.63, 3.8) is 0 Å². The number of amides is 1. The molecule has 9 nitrogen and oxygen atoms in total. The van der Waals surface area contributed by atoms with Gasteiger partial charge in [0.15, 0.2) is 11.5 Å². The number of aryl methyl sites for hydroxylation is 2. The van der Waals surface area contributed by atoms with Gasteiger partial charge in [-0.2, -0.15) is 5.26 Å². The molecule has 0 unspecified atom stereocenters. The number of pyridine rings is 1. The van der Waals surface area contributed by atoms with Crippen LogP contribution in [0.5, 0.6) is 17.2 Å². The van der Waals surface area contributed by atoms with E-state index in [-0.39, 0.29) is 12.2 Å². The van der Waals surface area contributed by atoms with Crippen LogP contribution in [0.15, 0.2) is 30.0 Å². The van der Waals surface area contributed by atoms with Gasteiger partial charge >= 0.3 is 0 Å². The molecule has 0 radical (unpaired) electrons. The molecule has 1 aromatic carbocycles. The highest BCUT2D eigenvalue weighted by Gasteiger charge is 2.15. The quantitative estimate of drug-likeness (QED) is 0.357. The Bertz CT molecular complexity index is 1260. The van der Waals surface area contributed by atoms with Gasteiger partial charge in [0.2, 0.25) is 5.13 Å². The summed E-state index contributed by atoms with van der Waals surface area (Å²) in [5.74, 6) is 1.18. The zero-order valence-electron chi connectivity index (χ0n) is 19.6. The van der Waals surface area contributed by atoms with Crippen LogP contribution in [-0.4, -0.2) is 35.3 Å². The highest BCUT2D eigenvalue weighted by molar-refractivity contribution is 7.15. The van der Waals surface area contributed by atoms with Crippen LogP contribution in [0.1, 0.15) is 34.3 Å². The van der Waals surface area contributed by atoms with Crippen molar-refractivity contribution in [2.75, 3.05) is 19.5 Å². The van der Waals surface area contributed by atoms with E-state index < -0.39 is 5.91 Å². The minimum Gasteiger partial charge on any atom is -0.496 e. The van der Waals surface area contributed by atoms with Crippen molar-refractivity contribution < 1.29 is 19.0 Å². The molecule has 0 spiro atoms. The van der Waals surface area contributed by atoms with Gasteiger partial charge in [-0.1, -0.05) is 24.3 Å². The number of aromatic nitrogens is 3. The average molecular weight is 480 g/mol. The molecule has 34 heavy (non-hydrogen) atoms. The second kappa shape index (κ2) is 11.2. The maximum atomic E-state index is 12.5. The second-order valence-electron chi connectivity index (χ2n) is 7.22. The van der Waals surface area contributed by atoms with E-state index in [9.17, 15) is 10.1 Å². The number of nitrogens with one attached hydrogen (secondary N) is 1. The Balaban J connectivity index is 1.76. The first-order chi connectivity index (χ1) is 16.4. The zero-order chi connectivity index (χ0) is 24.7. The molecule has 0 aliphatic heterocycles. The molecule has 176 valence electrons. The van der Waals surface area contributed by atoms with Gasteiger partial charge in [-0.05, 0) is 44.0 Å². The number of methoxy groups -OCH3 is 2. The third-order valence-corrected chi connectivity index (χ3v) is 5.95. The molecule has 0 bridgehead atoms. The Morgan fingerprint density at radius 2 is 2.00 bits per heavy atom. The standard InChI is InChI=1S/C24H25N5O4S/c1-6-21-28-29-24(34-21)27-23(30)17(11-25)9-16-7-8-19(20(10-16)31-4)33-13-18-15(3)22(32-5)14(2)12-26-18/h7-10,12H,6,13H2,1-5H3,(H,27,29,30)/b17-9+. The summed E-state index contributed by atoms with van der Waals surface area (Å²) in [5.41, 5.74) is 3.14. The highest BCUT2D eigenvalue weighted by Crippen LogP contribution is 2.31. The summed E-state index contributed by atoms with van der Waals surface area (Å²) in [6.45, 7) is 6.04. The molecule has 0 saturated carbocycles. The van der Waals surface area contributed by atoms with E-state index >= 15 is 0 Å². The van der Waals surface area contributed by atoms with E-state index in [0.717, 1.165) is 34.0 Å². The largest absolute Gasteiger partial charge is 0.496 e. The lowest BCUT2D eigenvalue weighted by Gasteiger charge is -2.14. The smallest absolute Gasteiger partial charge is 0.268 e. The summed E-state index contributed by atoms with van der Waals surface area (Å²) >= 11 is 1.27. The van der Waals surface area contributed by atoms with E-state index in [1.165, 1.54) is 24.5 Å². The molecule has 1 N–H and O–H groups in total. The number of carbonyl (C=O) groups is 1. The maximum Gasteiger partial charge on any atom is 0.268 e. The molecule has 1 amide bonds. The molecule has 0 saturated heterocycles. The minimum absolute atomic E-state index is 0.0736. The SMILES string of the molecule is CCc1nnc(NC(=O)/C(C#N)=C/c2ccc(OCc3ncc(C)c(OC)c3C)c(OC)c2)s1. The summed E-state index contributed by atoms with van der Waals surface area (Å²) in [6.07, 6.45) is 3.94. The average Bonchev–Trinajstić information content (AvgIpc) is 3.30. The van der Waals surface area contributed by atoms with Gasteiger partial charge in [0.25, 0.3) is 5.91 Å². The number of hydrogen-bond donors (Lipinski definition) is 1. The summed E-state index contributed by atoms with van der Waals surface area (Å²) in [5, 5.41) is 21.1. The lowest BCUT2D eigenvalue weighted by Crippen LogP contribution is -2.13. The molecular weight excluding hydrogens is 454 g/mol. The van der Waals surface area contributed by atoms with Gasteiger partial charge in [0.1, 0.15) is 29.0 Å². The molecule has 3 aromatic rings. The first kappa shape index (κ1) is 24.7. The Morgan fingerprint density at radius 1 is 1.21 bits per heavy atom. The Labute approximate surface area is 202 Å². The predicted molar refractivity (Wildman–Crippen MR) is 129 cm³/mol. The van der Waals surface area contributed by atoms with E-state index in [0.29, 0.717) is 22.2 Å². The van der Waals surface area contributed by atoms with E-state index in [4.69, 9.17) is 14.2 Å². The van der Waals surface area contributed by atoms with Crippen molar-refractivity contribution in [2.45, 2.75) is 33.8 Å². The van der Waals surface area contributed by atoms with E-state index in [2.05, 4.69) is 20.5 Å². The van der Waals surface area contributed by atoms with Crippen LogP contribution in [0.3, 0.4) is 0 Å². The van der Waals surface area contributed by atoms with Crippen molar-refractivity contribution in [1.82, 2.24) is 15.2 Å². The van der Waals surface area contributed by atoms with Crippen molar-refractivity contribution in [2.24, 2.45) is 0 Å². The number of hydrogen-bond acceptors (Lipinski definition) is 9. The van der Waals surface area contributed by atoms with Crippen molar-refractivity contribution in [3.05, 3.63) is 57.4 Å². The first-order valence-corrected chi connectivity index (χ1v) is 11.3. The fourth-order valence-electron chi connectivity index (χ4n) is 3.18. The van der Waals surface area contributed by atoms with Crippen LogP contribution in [0.2, 0.25) is 0 Å². The number of ether oxygens (including phenoxy) is 3. The predicted octanol–water partition coefficient (Wildman–Crippen LogP) is 4.25. The Kier molecular flexibility index (Phi) is 8.16. The van der Waals surface area contributed by atoms with Crippen LogP contribution >= 0.6 is 11.3 Å². The second-order valence-corrected chi connectivity index (χ2v) is 8.29. The van der Waals surface area contributed by atoms with E-state index in [1.807, 2.05) is 26.8 Å². The zero-order valence-corrected chi connectivity index (χ0v) is 20.4. The third kappa shape index (κ3) is 5.68. The lowest BCUT2D eigenvalue weighted by atomic mass is 10.1. The van der Waals surface area contributed by atoms with Crippen molar-refractivity contribution >= 4 is 28.5 Å². The number of nitrogens with zero attached hydrogens (tertiary/aromatic N) is 4. The highest BCUT2D eigenvalue weighted by atomic mass is 32.1. The molecule has 0 aliphatic carbocycles. The number of carbonyl (C=O) groups excluding carboxylic acids is 1. The number of anilines is 1. The maximum absolute atomic E-state index is 12.5. The molecular formula is C24H25N5O4S. The van der Waals surface area contributed by atoms with Crippen LogP contribution in [-0.2, 0) is 17.8 Å². The summed E-state index contributed by atoms with van der Waals surface area (Å²) < 4.78 is 16.8. The van der Waals surface area contributed by atoms with Crippen LogP contribution in [0.4, 0.5) is 5.13 Å². The molecule has 10 heteroatoms. The Hall–Kier alpha value is -3.97. The summed E-state index contributed by atoms with van der Waals surface area (Å²) in [6, 6.07) is 7.07. The van der Waals surface area contributed by atoms with Crippen molar-refractivity contribution in [3.8, 4) is 23.3 Å². The fraction of sp³-hybridized carbons (Fsp3) is 0.292. The summed E-state index contributed by atoms with van der Waals surface area (Å²) in [4.78, 5) is 16.9. The first-order valence-electron chi connectivity index (χ1n) is 10.5. The Morgan fingerprint density at radius 3 is 2.65 bits per heavy atom. The molecule has 2 aromatic heterocycles. The van der Waals surface area contributed by atoms with Crippen LogP contribution in [0.25, 0.3) is 6.08 Å². The van der Waals surface area contributed by atoms with Gasteiger partial charge in [-0.15, -0.1) is 10.2 Å². The minimum atomic E-state index is -0.560. The molecule has 3 rings (SSSR count). The third-order valence-electron chi connectivity index (χ3n) is 4.97. The van der Waals surface area contributed by atoms with Crippen molar-refractivity contribution in [1.29, 1.82) is 5.26 Å². The van der Waals surface area contributed by atoms with Gasteiger partial charge in [-0.25, -0.2) is 0 Å². The summed E-state index contributed by atoms with van der Waals surface area (Å²) in [7, 11) is 3.15. The van der Waals surface area contributed by atoms with Crippen LogP contribution < -0.4 is 19.5 Å². The topological polar surface area (TPSA) is 119 Å².